The van der Waals surface area contributed by atoms with E-state index in [0.717, 1.165) is 19.3 Å². The second kappa shape index (κ2) is 12.1. The maximum atomic E-state index is 5.78. The molecule has 0 N–H and O–H groups in total. The number of hydrogen-bond donors (Lipinski definition) is 0. The van der Waals surface area contributed by atoms with Crippen molar-refractivity contribution in [2.45, 2.75) is 128 Å². The third-order valence-corrected chi connectivity index (χ3v) is 5.52. The van der Waals surface area contributed by atoms with Gasteiger partial charge in [0.05, 0.1) is 24.4 Å². The largest absolute Gasteiger partial charge is 0.369 e. The van der Waals surface area contributed by atoms with E-state index < -0.39 is 0 Å². The standard InChI is InChI=1S/C22H40O2/c1-3-5-6-7-8-9-10-11-12-13-16-21-22(24-21)18-15-14-17-20-19(4-2)23-20/h14-15,19-22H,3-13,16-18H2,1-2H3/b15-14-. The van der Waals surface area contributed by atoms with Crippen LogP contribution in [0.1, 0.15) is 104 Å². The van der Waals surface area contributed by atoms with Gasteiger partial charge < -0.3 is 9.47 Å². The predicted octanol–water partition coefficient (Wildman–Crippen LogP) is 6.58. The minimum absolute atomic E-state index is 0.508. The van der Waals surface area contributed by atoms with Crippen LogP contribution < -0.4 is 0 Å². The zero-order chi connectivity index (χ0) is 17.0. The smallest absolute Gasteiger partial charge is 0.0876 e. The molecule has 140 valence electrons. The lowest BCUT2D eigenvalue weighted by Crippen LogP contribution is -1.93. The van der Waals surface area contributed by atoms with Gasteiger partial charge in [-0.05, 0) is 25.7 Å². The van der Waals surface area contributed by atoms with Gasteiger partial charge >= 0.3 is 0 Å². The van der Waals surface area contributed by atoms with Crippen molar-refractivity contribution >= 4 is 0 Å². The van der Waals surface area contributed by atoms with E-state index in [9.17, 15) is 0 Å². The summed E-state index contributed by atoms with van der Waals surface area (Å²) in [6.07, 6.45) is 25.5. The van der Waals surface area contributed by atoms with Crippen molar-refractivity contribution in [1.82, 2.24) is 0 Å². The van der Waals surface area contributed by atoms with Crippen molar-refractivity contribution in [3.63, 3.8) is 0 Å². The van der Waals surface area contributed by atoms with Crippen molar-refractivity contribution in [2.75, 3.05) is 0 Å². The minimum Gasteiger partial charge on any atom is -0.369 e. The fourth-order valence-corrected chi connectivity index (χ4v) is 3.68. The van der Waals surface area contributed by atoms with Crippen LogP contribution in [0.15, 0.2) is 12.2 Å². The van der Waals surface area contributed by atoms with Gasteiger partial charge in [-0.25, -0.2) is 0 Å². The maximum absolute atomic E-state index is 5.78. The number of epoxide rings is 2. The van der Waals surface area contributed by atoms with E-state index >= 15 is 0 Å². The zero-order valence-electron chi connectivity index (χ0n) is 16.2. The van der Waals surface area contributed by atoms with Crippen LogP contribution in [0.3, 0.4) is 0 Å². The van der Waals surface area contributed by atoms with Gasteiger partial charge in [-0.3, -0.25) is 0 Å². The molecule has 4 unspecified atom stereocenters. The molecule has 0 saturated carbocycles. The van der Waals surface area contributed by atoms with Crippen LogP contribution in [-0.2, 0) is 9.47 Å². The Labute approximate surface area is 150 Å². The van der Waals surface area contributed by atoms with E-state index in [1.165, 1.54) is 70.6 Å². The zero-order valence-corrected chi connectivity index (χ0v) is 16.2. The summed E-state index contributed by atoms with van der Waals surface area (Å²) in [6, 6.07) is 0. The third-order valence-electron chi connectivity index (χ3n) is 5.52. The molecule has 0 radical (unpaired) electrons. The summed E-state index contributed by atoms with van der Waals surface area (Å²) < 4.78 is 11.3. The molecule has 0 aromatic carbocycles. The summed E-state index contributed by atoms with van der Waals surface area (Å²) in [5, 5.41) is 0. The average Bonchev–Trinajstić information content (AvgIpc) is 3.49. The van der Waals surface area contributed by atoms with E-state index in [4.69, 9.17) is 9.47 Å². The first-order valence-electron chi connectivity index (χ1n) is 10.8. The highest BCUT2D eigenvalue weighted by Crippen LogP contribution is 2.31. The lowest BCUT2D eigenvalue weighted by atomic mass is 10.0. The Kier molecular flexibility index (Phi) is 10.1. The molecule has 0 spiro atoms. The van der Waals surface area contributed by atoms with E-state index in [0.29, 0.717) is 24.4 Å². The highest BCUT2D eigenvalue weighted by molar-refractivity contribution is 4.97. The van der Waals surface area contributed by atoms with Crippen LogP contribution in [0, 0.1) is 0 Å². The summed E-state index contributed by atoms with van der Waals surface area (Å²) in [5.41, 5.74) is 0. The van der Waals surface area contributed by atoms with Gasteiger partial charge in [0, 0.05) is 0 Å². The Morgan fingerprint density at radius 3 is 1.62 bits per heavy atom. The van der Waals surface area contributed by atoms with Crippen LogP contribution in [0.2, 0.25) is 0 Å². The van der Waals surface area contributed by atoms with Crippen LogP contribution in [0.25, 0.3) is 0 Å². The molecule has 4 atom stereocenters. The quantitative estimate of drug-likeness (QED) is 0.181. The van der Waals surface area contributed by atoms with Gasteiger partial charge in [0.25, 0.3) is 0 Å². The molecule has 0 aliphatic carbocycles. The summed E-state index contributed by atoms with van der Waals surface area (Å²) in [5.74, 6) is 0. The normalized spacial score (nSPS) is 28.6. The highest BCUT2D eigenvalue weighted by atomic mass is 16.6. The number of unbranched alkanes of at least 4 members (excludes halogenated alkanes) is 9. The molecule has 2 saturated heterocycles. The maximum Gasteiger partial charge on any atom is 0.0876 e. The van der Waals surface area contributed by atoms with Crippen molar-refractivity contribution in [1.29, 1.82) is 0 Å². The Bertz CT molecular complexity index is 339. The molecule has 2 aliphatic rings. The SMILES string of the molecule is CCCCCCCCCCCCC1OC1C/C=C\CC1OC1CC. The van der Waals surface area contributed by atoms with Crippen LogP contribution >= 0.6 is 0 Å². The first kappa shape index (κ1) is 20.0. The first-order chi connectivity index (χ1) is 11.8. The topological polar surface area (TPSA) is 25.1 Å². The fraction of sp³-hybridized carbons (Fsp3) is 0.909. The van der Waals surface area contributed by atoms with Gasteiger partial charge in [-0.15, -0.1) is 0 Å². The Morgan fingerprint density at radius 1 is 0.583 bits per heavy atom. The Morgan fingerprint density at radius 2 is 1.08 bits per heavy atom. The van der Waals surface area contributed by atoms with E-state index in [1.807, 2.05) is 0 Å². The third kappa shape index (κ3) is 8.67. The summed E-state index contributed by atoms with van der Waals surface area (Å²) in [6.45, 7) is 4.49. The molecule has 0 amide bonds. The average molecular weight is 337 g/mol. The van der Waals surface area contributed by atoms with Crippen LogP contribution in [-0.4, -0.2) is 24.4 Å². The second-order valence-corrected chi connectivity index (χ2v) is 7.75. The molecule has 2 heterocycles. The molecule has 2 heteroatoms. The molecular formula is C22H40O2. The first-order valence-corrected chi connectivity index (χ1v) is 10.8. The minimum atomic E-state index is 0.508. The molecule has 0 aromatic heterocycles. The summed E-state index contributed by atoms with van der Waals surface area (Å²) >= 11 is 0. The second-order valence-electron chi connectivity index (χ2n) is 7.75. The predicted molar refractivity (Wildman–Crippen MR) is 102 cm³/mol. The molecule has 2 rings (SSSR count). The Balaban J connectivity index is 1.30. The van der Waals surface area contributed by atoms with Crippen LogP contribution in [0.4, 0.5) is 0 Å². The van der Waals surface area contributed by atoms with Gasteiger partial charge in [0.1, 0.15) is 0 Å². The molecular weight excluding hydrogens is 296 g/mol. The van der Waals surface area contributed by atoms with Gasteiger partial charge in [-0.1, -0.05) is 90.2 Å². The fourth-order valence-electron chi connectivity index (χ4n) is 3.68. The van der Waals surface area contributed by atoms with Gasteiger partial charge in [0.2, 0.25) is 0 Å². The highest BCUT2D eigenvalue weighted by Gasteiger charge is 2.37. The van der Waals surface area contributed by atoms with Crippen molar-refractivity contribution in [2.24, 2.45) is 0 Å². The Hall–Kier alpha value is -0.340. The molecule has 0 bridgehead atoms. The van der Waals surface area contributed by atoms with Gasteiger partial charge in [-0.2, -0.15) is 0 Å². The molecule has 2 nitrogen and oxygen atoms in total. The summed E-state index contributed by atoms with van der Waals surface area (Å²) in [7, 11) is 0. The molecule has 2 aliphatic heterocycles. The number of ether oxygens (including phenoxy) is 2. The van der Waals surface area contributed by atoms with Crippen LogP contribution in [0.5, 0.6) is 0 Å². The van der Waals surface area contributed by atoms with E-state index in [-0.39, 0.29) is 0 Å². The van der Waals surface area contributed by atoms with Gasteiger partial charge in [0.15, 0.2) is 0 Å². The van der Waals surface area contributed by atoms with Crippen molar-refractivity contribution < 1.29 is 9.47 Å². The van der Waals surface area contributed by atoms with E-state index in [1.54, 1.807) is 0 Å². The lowest BCUT2D eigenvalue weighted by Gasteiger charge is -2.01. The molecule has 2 fully saturated rings. The lowest BCUT2D eigenvalue weighted by molar-refractivity contribution is 0.357. The monoisotopic (exact) mass is 336 g/mol. The molecule has 0 aromatic rings. The number of hydrogen-bond acceptors (Lipinski definition) is 2. The van der Waals surface area contributed by atoms with Crippen molar-refractivity contribution in [3.05, 3.63) is 12.2 Å². The number of rotatable bonds is 16. The van der Waals surface area contributed by atoms with E-state index in [2.05, 4.69) is 26.0 Å². The molecule has 24 heavy (non-hydrogen) atoms. The summed E-state index contributed by atoms with van der Waals surface area (Å²) in [4.78, 5) is 0. The van der Waals surface area contributed by atoms with Crippen molar-refractivity contribution in [3.8, 4) is 0 Å².